The first-order chi connectivity index (χ1) is 8.20. The Labute approximate surface area is 102 Å². The second kappa shape index (κ2) is 5.29. The molecule has 2 rings (SSSR count). The lowest BCUT2D eigenvalue weighted by atomic mass is 10.1. The number of hydrogen-bond acceptors (Lipinski definition) is 3. The summed E-state index contributed by atoms with van der Waals surface area (Å²) in [6.45, 7) is 4.80. The molecule has 1 atom stereocenters. The monoisotopic (exact) mass is 233 g/mol. The molecule has 1 fully saturated rings. The van der Waals surface area contributed by atoms with E-state index in [9.17, 15) is 4.79 Å². The van der Waals surface area contributed by atoms with Crippen molar-refractivity contribution in [2.75, 3.05) is 19.6 Å². The maximum absolute atomic E-state index is 11.6. The van der Waals surface area contributed by atoms with E-state index in [-0.39, 0.29) is 11.9 Å². The summed E-state index contributed by atoms with van der Waals surface area (Å²) in [4.78, 5) is 13.8. The molecule has 0 aromatic heterocycles. The van der Waals surface area contributed by atoms with Gasteiger partial charge >= 0.3 is 0 Å². The number of aryl methyl sites for hydroxylation is 1. The van der Waals surface area contributed by atoms with Crippen LogP contribution < -0.4 is 11.1 Å². The molecule has 4 heteroatoms. The molecule has 17 heavy (non-hydrogen) atoms. The van der Waals surface area contributed by atoms with Crippen molar-refractivity contribution in [3.63, 3.8) is 0 Å². The lowest BCUT2D eigenvalue weighted by Crippen LogP contribution is -2.57. The van der Waals surface area contributed by atoms with E-state index in [0.29, 0.717) is 13.1 Å². The van der Waals surface area contributed by atoms with Gasteiger partial charge in [-0.15, -0.1) is 0 Å². The minimum atomic E-state index is -0.190. The normalized spacial score (nSPS) is 21.3. The fourth-order valence-corrected chi connectivity index (χ4v) is 2.14. The Balaban J connectivity index is 2.06. The van der Waals surface area contributed by atoms with Crippen molar-refractivity contribution < 1.29 is 4.79 Å². The van der Waals surface area contributed by atoms with E-state index in [1.807, 2.05) is 0 Å². The standard InChI is InChI=1S/C13H19N3O/c1-10-2-4-11(5-3-10)9-16-7-6-15-13(17)12(16)8-14/h2-5,12H,6-9,14H2,1H3,(H,15,17). The van der Waals surface area contributed by atoms with Crippen LogP contribution in [0.2, 0.25) is 0 Å². The molecule has 92 valence electrons. The second-order valence-electron chi connectivity index (χ2n) is 4.50. The molecular formula is C13H19N3O. The zero-order chi connectivity index (χ0) is 12.3. The lowest BCUT2D eigenvalue weighted by molar-refractivity contribution is -0.128. The molecule has 1 unspecified atom stereocenters. The topological polar surface area (TPSA) is 58.4 Å². The number of amides is 1. The molecule has 1 amide bonds. The first kappa shape index (κ1) is 12.1. The van der Waals surface area contributed by atoms with Crippen molar-refractivity contribution >= 4 is 5.91 Å². The number of benzene rings is 1. The first-order valence-electron chi connectivity index (χ1n) is 5.98. The highest BCUT2D eigenvalue weighted by Crippen LogP contribution is 2.11. The van der Waals surface area contributed by atoms with Gasteiger partial charge in [-0.05, 0) is 12.5 Å². The average molecular weight is 233 g/mol. The van der Waals surface area contributed by atoms with E-state index in [1.165, 1.54) is 11.1 Å². The molecule has 3 N–H and O–H groups in total. The van der Waals surface area contributed by atoms with Gasteiger partial charge in [0, 0.05) is 26.2 Å². The SMILES string of the molecule is Cc1ccc(CN2CCNC(=O)C2CN)cc1. The number of nitrogens with two attached hydrogens (primary N) is 1. The van der Waals surface area contributed by atoms with Crippen LogP contribution in [0.25, 0.3) is 0 Å². The molecule has 0 saturated carbocycles. The van der Waals surface area contributed by atoms with E-state index < -0.39 is 0 Å². The molecule has 1 aromatic rings. The van der Waals surface area contributed by atoms with Gasteiger partial charge in [0.05, 0.1) is 0 Å². The van der Waals surface area contributed by atoms with E-state index >= 15 is 0 Å². The highest BCUT2D eigenvalue weighted by Gasteiger charge is 2.27. The Bertz CT molecular complexity index is 388. The van der Waals surface area contributed by atoms with Crippen molar-refractivity contribution in [3.8, 4) is 0 Å². The molecule has 0 spiro atoms. The van der Waals surface area contributed by atoms with Gasteiger partial charge < -0.3 is 11.1 Å². The summed E-state index contributed by atoms with van der Waals surface area (Å²) < 4.78 is 0. The molecule has 1 aromatic carbocycles. The molecule has 1 saturated heterocycles. The third-order valence-electron chi connectivity index (χ3n) is 3.17. The number of piperazine rings is 1. The predicted octanol–water partition coefficient (Wildman–Crippen LogP) is 0.254. The summed E-state index contributed by atoms with van der Waals surface area (Å²) in [7, 11) is 0. The van der Waals surface area contributed by atoms with Crippen molar-refractivity contribution in [3.05, 3.63) is 35.4 Å². The van der Waals surface area contributed by atoms with Crippen molar-refractivity contribution in [1.82, 2.24) is 10.2 Å². The highest BCUT2D eigenvalue weighted by molar-refractivity contribution is 5.82. The van der Waals surface area contributed by atoms with Gasteiger partial charge in [0.15, 0.2) is 0 Å². The maximum atomic E-state index is 11.6. The van der Waals surface area contributed by atoms with Crippen LogP contribution in [0.3, 0.4) is 0 Å². The largest absolute Gasteiger partial charge is 0.353 e. The van der Waals surface area contributed by atoms with E-state index in [2.05, 4.69) is 41.4 Å². The average Bonchev–Trinajstić information content (AvgIpc) is 2.32. The summed E-state index contributed by atoms with van der Waals surface area (Å²) in [5, 5.41) is 2.85. The molecule has 0 aliphatic carbocycles. The summed E-state index contributed by atoms with van der Waals surface area (Å²) >= 11 is 0. The van der Waals surface area contributed by atoms with Gasteiger partial charge in [-0.25, -0.2) is 0 Å². The van der Waals surface area contributed by atoms with Crippen LogP contribution in [-0.4, -0.2) is 36.5 Å². The van der Waals surface area contributed by atoms with Crippen molar-refractivity contribution in [1.29, 1.82) is 0 Å². The first-order valence-corrected chi connectivity index (χ1v) is 5.98. The number of carbonyl (C=O) groups is 1. The van der Waals surface area contributed by atoms with Gasteiger partial charge in [-0.3, -0.25) is 9.69 Å². The zero-order valence-electron chi connectivity index (χ0n) is 10.1. The van der Waals surface area contributed by atoms with Gasteiger partial charge in [-0.2, -0.15) is 0 Å². The molecule has 1 heterocycles. The second-order valence-corrected chi connectivity index (χ2v) is 4.50. The molecule has 1 aliphatic heterocycles. The Kier molecular flexibility index (Phi) is 3.76. The molecule has 0 bridgehead atoms. The highest BCUT2D eigenvalue weighted by atomic mass is 16.2. The molecule has 1 aliphatic rings. The Morgan fingerprint density at radius 2 is 2.12 bits per heavy atom. The van der Waals surface area contributed by atoms with Gasteiger partial charge in [0.1, 0.15) is 6.04 Å². The smallest absolute Gasteiger partial charge is 0.238 e. The Hall–Kier alpha value is -1.39. The van der Waals surface area contributed by atoms with Crippen LogP contribution in [0.5, 0.6) is 0 Å². The van der Waals surface area contributed by atoms with Crippen LogP contribution in [-0.2, 0) is 11.3 Å². The van der Waals surface area contributed by atoms with E-state index in [4.69, 9.17) is 5.73 Å². The van der Waals surface area contributed by atoms with Crippen molar-refractivity contribution in [2.24, 2.45) is 5.73 Å². The number of carbonyl (C=O) groups excluding carboxylic acids is 1. The number of nitrogens with one attached hydrogen (secondary N) is 1. The van der Waals surface area contributed by atoms with Crippen LogP contribution in [0, 0.1) is 6.92 Å². The third-order valence-corrected chi connectivity index (χ3v) is 3.17. The molecular weight excluding hydrogens is 214 g/mol. The number of hydrogen-bond donors (Lipinski definition) is 2. The zero-order valence-corrected chi connectivity index (χ0v) is 10.1. The fraction of sp³-hybridized carbons (Fsp3) is 0.462. The van der Waals surface area contributed by atoms with Gasteiger partial charge in [-0.1, -0.05) is 29.8 Å². The van der Waals surface area contributed by atoms with Crippen LogP contribution in [0.15, 0.2) is 24.3 Å². The summed E-state index contributed by atoms with van der Waals surface area (Å²) in [6.07, 6.45) is 0. The minimum Gasteiger partial charge on any atom is -0.353 e. The fourth-order valence-electron chi connectivity index (χ4n) is 2.14. The van der Waals surface area contributed by atoms with Gasteiger partial charge in [0.25, 0.3) is 0 Å². The quantitative estimate of drug-likeness (QED) is 0.787. The molecule has 4 nitrogen and oxygen atoms in total. The van der Waals surface area contributed by atoms with Crippen molar-refractivity contribution in [2.45, 2.75) is 19.5 Å². The maximum Gasteiger partial charge on any atom is 0.238 e. The Morgan fingerprint density at radius 1 is 1.41 bits per heavy atom. The van der Waals surface area contributed by atoms with E-state index in [1.54, 1.807) is 0 Å². The summed E-state index contributed by atoms with van der Waals surface area (Å²) in [5.41, 5.74) is 8.14. The Morgan fingerprint density at radius 3 is 2.76 bits per heavy atom. The van der Waals surface area contributed by atoms with E-state index in [0.717, 1.165) is 13.1 Å². The van der Waals surface area contributed by atoms with Crippen LogP contribution >= 0.6 is 0 Å². The van der Waals surface area contributed by atoms with Crippen LogP contribution in [0.4, 0.5) is 0 Å². The minimum absolute atomic E-state index is 0.0471. The number of rotatable bonds is 3. The lowest BCUT2D eigenvalue weighted by Gasteiger charge is -2.34. The van der Waals surface area contributed by atoms with Crippen LogP contribution in [0.1, 0.15) is 11.1 Å². The number of nitrogens with zero attached hydrogens (tertiary/aromatic N) is 1. The third kappa shape index (κ3) is 2.84. The van der Waals surface area contributed by atoms with Gasteiger partial charge in [0.2, 0.25) is 5.91 Å². The predicted molar refractivity (Wildman–Crippen MR) is 67.4 cm³/mol. The summed E-state index contributed by atoms with van der Waals surface area (Å²) in [6, 6.07) is 8.21. The molecule has 0 radical (unpaired) electrons. The summed E-state index contributed by atoms with van der Waals surface area (Å²) in [5.74, 6) is 0.0471.